The second kappa shape index (κ2) is 10.0. The molecule has 0 aliphatic rings. The highest BCUT2D eigenvalue weighted by Gasteiger charge is 2.16. The summed E-state index contributed by atoms with van der Waals surface area (Å²) in [6.45, 7) is 1.93. The third-order valence-electron chi connectivity index (χ3n) is 3.80. The number of urea groups is 1. The summed E-state index contributed by atoms with van der Waals surface area (Å²) in [7, 11) is 0. The van der Waals surface area contributed by atoms with Crippen molar-refractivity contribution in [1.82, 2.24) is 10.3 Å². The van der Waals surface area contributed by atoms with Crippen LogP contribution in [0.2, 0.25) is 15.1 Å². The highest BCUT2D eigenvalue weighted by molar-refractivity contribution is 9.10. The van der Waals surface area contributed by atoms with Crippen LogP contribution < -0.4 is 10.6 Å². The van der Waals surface area contributed by atoms with Gasteiger partial charge in [-0.1, -0.05) is 58.7 Å². The van der Waals surface area contributed by atoms with E-state index in [9.17, 15) is 9.59 Å². The van der Waals surface area contributed by atoms with E-state index >= 15 is 0 Å². The van der Waals surface area contributed by atoms with Crippen molar-refractivity contribution in [2.24, 2.45) is 0 Å². The fourth-order valence-corrected chi connectivity index (χ4v) is 4.66. The topological polar surface area (TPSA) is 71.1 Å². The number of imide groups is 1. The van der Waals surface area contributed by atoms with Crippen LogP contribution >= 0.6 is 62.5 Å². The third kappa shape index (κ3) is 5.68. The van der Waals surface area contributed by atoms with Gasteiger partial charge < -0.3 is 5.32 Å². The molecule has 0 atom stereocenters. The largest absolute Gasteiger partial charge is 0.326 e. The zero-order valence-electron chi connectivity index (χ0n) is 15.3. The molecule has 0 unspecified atom stereocenters. The number of carbonyl (C=O) groups excluding carboxylic acids is 2. The van der Waals surface area contributed by atoms with E-state index < -0.39 is 11.9 Å². The third-order valence-corrected chi connectivity index (χ3v) is 6.65. The number of carbonyl (C=O) groups is 2. The van der Waals surface area contributed by atoms with Gasteiger partial charge in [-0.2, -0.15) is 0 Å². The molecule has 1 heterocycles. The van der Waals surface area contributed by atoms with Crippen LogP contribution in [0.25, 0.3) is 0 Å². The molecular formula is C20H13BrCl3N3O2S. The Morgan fingerprint density at radius 1 is 1.03 bits per heavy atom. The van der Waals surface area contributed by atoms with Gasteiger partial charge in [0.05, 0.1) is 25.5 Å². The molecular weight excluding hydrogens is 533 g/mol. The summed E-state index contributed by atoms with van der Waals surface area (Å²) in [6, 6.07) is 10.7. The number of aryl methyl sites for hydroxylation is 1. The quantitative estimate of drug-likeness (QED) is 0.363. The monoisotopic (exact) mass is 543 g/mol. The molecule has 2 N–H and O–H groups in total. The first-order valence-electron chi connectivity index (χ1n) is 8.40. The molecule has 3 aromatic rings. The van der Waals surface area contributed by atoms with Gasteiger partial charge >= 0.3 is 6.03 Å². The van der Waals surface area contributed by atoms with Crippen molar-refractivity contribution < 1.29 is 9.59 Å². The average Bonchev–Trinajstić information content (AvgIpc) is 2.66. The van der Waals surface area contributed by atoms with Gasteiger partial charge in [-0.05, 0) is 58.7 Å². The van der Waals surface area contributed by atoms with E-state index in [1.54, 1.807) is 36.5 Å². The van der Waals surface area contributed by atoms with Gasteiger partial charge in [0.15, 0.2) is 0 Å². The van der Waals surface area contributed by atoms with Crippen LogP contribution in [-0.4, -0.2) is 16.9 Å². The lowest BCUT2D eigenvalue weighted by Gasteiger charge is -2.12. The standard InChI is InChI=1S/C20H13BrCl3N3O2S/c1-10-6-11(21)9-25-19(10)30-17-15(23)7-12(8-16(17)24)26-20(29)27-18(28)13-4-2-3-5-14(13)22/h2-9H,1H3,(H2,26,27,28,29). The Hall–Kier alpha value is -1.77. The minimum absolute atomic E-state index is 0.189. The smallest absolute Gasteiger partial charge is 0.308 e. The summed E-state index contributed by atoms with van der Waals surface area (Å²) in [4.78, 5) is 29.4. The van der Waals surface area contributed by atoms with E-state index in [2.05, 4.69) is 31.5 Å². The molecule has 0 radical (unpaired) electrons. The number of anilines is 1. The van der Waals surface area contributed by atoms with Crippen molar-refractivity contribution >= 4 is 80.1 Å². The van der Waals surface area contributed by atoms with Crippen LogP contribution in [0.3, 0.4) is 0 Å². The maximum atomic E-state index is 12.2. The van der Waals surface area contributed by atoms with E-state index in [0.29, 0.717) is 20.6 Å². The number of benzene rings is 2. The summed E-state index contributed by atoms with van der Waals surface area (Å²) in [5, 5.41) is 6.42. The van der Waals surface area contributed by atoms with Crippen molar-refractivity contribution in [3.05, 3.63) is 79.3 Å². The number of nitrogens with zero attached hydrogens (tertiary/aromatic N) is 1. The zero-order valence-corrected chi connectivity index (χ0v) is 20.0. The molecule has 5 nitrogen and oxygen atoms in total. The van der Waals surface area contributed by atoms with Crippen LogP contribution in [0, 0.1) is 6.92 Å². The molecule has 3 rings (SSSR count). The fraction of sp³-hybridized carbons (Fsp3) is 0.0500. The predicted octanol–water partition coefficient (Wildman–Crippen LogP) is 7.23. The number of aromatic nitrogens is 1. The maximum Gasteiger partial charge on any atom is 0.326 e. The molecule has 154 valence electrons. The number of hydrogen-bond acceptors (Lipinski definition) is 4. The Bertz CT molecular complexity index is 1120. The SMILES string of the molecule is Cc1cc(Br)cnc1Sc1c(Cl)cc(NC(=O)NC(=O)c2ccccc2Cl)cc1Cl. The van der Waals surface area contributed by atoms with Crippen molar-refractivity contribution in [2.75, 3.05) is 5.32 Å². The summed E-state index contributed by atoms with van der Waals surface area (Å²) >= 11 is 23.4. The van der Waals surface area contributed by atoms with Gasteiger partial charge in [0, 0.05) is 16.4 Å². The molecule has 0 saturated carbocycles. The average molecular weight is 546 g/mol. The molecule has 3 amide bonds. The molecule has 0 bridgehead atoms. The Labute approximate surface area is 200 Å². The molecule has 10 heteroatoms. The van der Waals surface area contributed by atoms with E-state index in [4.69, 9.17) is 34.8 Å². The summed E-state index contributed by atoms with van der Waals surface area (Å²) in [6.07, 6.45) is 1.69. The van der Waals surface area contributed by atoms with E-state index in [1.807, 2.05) is 13.0 Å². The first kappa shape index (κ1) is 22.9. The van der Waals surface area contributed by atoms with Gasteiger partial charge in [0.1, 0.15) is 5.03 Å². The second-order valence-corrected chi connectivity index (χ2v) is 9.17. The number of halogens is 4. The molecule has 1 aromatic heterocycles. The van der Waals surface area contributed by atoms with Crippen LogP contribution in [0.4, 0.5) is 10.5 Å². The first-order chi connectivity index (χ1) is 14.2. The van der Waals surface area contributed by atoms with Gasteiger partial charge in [0.2, 0.25) is 0 Å². The molecule has 0 aliphatic carbocycles. The molecule has 0 spiro atoms. The molecule has 0 aliphatic heterocycles. The van der Waals surface area contributed by atoms with Crippen molar-refractivity contribution in [2.45, 2.75) is 16.8 Å². The zero-order chi connectivity index (χ0) is 21.8. The van der Waals surface area contributed by atoms with Crippen LogP contribution in [0.5, 0.6) is 0 Å². The van der Waals surface area contributed by atoms with Crippen molar-refractivity contribution in [3.63, 3.8) is 0 Å². The van der Waals surface area contributed by atoms with E-state index in [0.717, 1.165) is 15.1 Å². The number of nitrogens with one attached hydrogen (secondary N) is 2. The molecule has 2 aromatic carbocycles. The van der Waals surface area contributed by atoms with Crippen molar-refractivity contribution in [3.8, 4) is 0 Å². The van der Waals surface area contributed by atoms with E-state index in [-0.39, 0.29) is 10.6 Å². The van der Waals surface area contributed by atoms with Crippen molar-refractivity contribution in [1.29, 1.82) is 0 Å². The lowest BCUT2D eigenvalue weighted by molar-refractivity contribution is 0.0967. The lowest BCUT2D eigenvalue weighted by Crippen LogP contribution is -2.34. The van der Waals surface area contributed by atoms with Gasteiger partial charge in [-0.15, -0.1) is 0 Å². The van der Waals surface area contributed by atoms with E-state index in [1.165, 1.54) is 17.8 Å². The Morgan fingerprint density at radius 2 is 1.70 bits per heavy atom. The molecule has 30 heavy (non-hydrogen) atoms. The maximum absolute atomic E-state index is 12.2. The normalized spacial score (nSPS) is 10.6. The van der Waals surface area contributed by atoms with Crippen LogP contribution in [0.1, 0.15) is 15.9 Å². The van der Waals surface area contributed by atoms with Gasteiger partial charge in [-0.25, -0.2) is 9.78 Å². The Morgan fingerprint density at radius 3 is 2.33 bits per heavy atom. The number of pyridine rings is 1. The molecule has 0 saturated heterocycles. The Kier molecular flexibility index (Phi) is 7.65. The summed E-state index contributed by atoms with van der Waals surface area (Å²) < 4.78 is 0.874. The van der Waals surface area contributed by atoms with Crippen LogP contribution in [0.15, 0.2) is 63.1 Å². The number of amides is 3. The lowest BCUT2D eigenvalue weighted by atomic mass is 10.2. The van der Waals surface area contributed by atoms with Gasteiger partial charge in [-0.3, -0.25) is 10.1 Å². The highest BCUT2D eigenvalue weighted by Crippen LogP contribution is 2.41. The number of hydrogen-bond donors (Lipinski definition) is 2. The Balaban J connectivity index is 1.72. The first-order valence-corrected chi connectivity index (χ1v) is 11.1. The summed E-state index contributed by atoms with van der Waals surface area (Å²) in [5.74, 6) is -0.626. The summed E-state index contributed by atoms with van der Waals surface area (Å²) in [5.41, 5.74) is 1.48. The van der Waals surface area contributed by atoms with Crippen LogP contribution in [-0.2, 0) is 0 Å². The fourth-order valence-electron chi connectivity index (χ4n) is 2.44. The minimum Gasteiger partial charge on any atom is -0.308 e. The molecule has 0 fully saturated rings. The predicted molar refractivity (Wildman–Crippen MR) is 125 cm³/mol. The number of rotatable bonds is 4. The van der Waals surface area contributed by atoms with Gasteiger partial charge in [0.25, 0.3) is 5.91 Å². The second-order valence-electron chi connectivity index (χ2n) is 6.03. The highest BCUT2D eigenvalue weighted by atomic mass is 79.9. The minimum atomic E-state index is -0.738.